The number of carbonyl (C=O) groups is 2. The van der Waals surface area contributed by atoms with Crippen molar-refractivity contribution in [1.82, 2.24) is 5.32 Å². The first-order chi connectivity index (χ1) is 9.83. The zero-order valence-electron chi connectivity index (χ0n) is 13.1. The maximum absolute atomic E-state index is 12.2. The first-order valence-corrected chi connectivity index (χ1v) is 10.1. The maximum atomic E-state index is 12.2. The molecule has 1 aliphatic carbocycles. The lowest BCUT2D eigenvalue weighted by Crippen LogP contribution is -2.44. The number of nitrogens with two attached hydrogens (primary N) is 1. The van der Waals surface area contributed by atoms with Crippen LogP contribution in [0.15, 0.2) is 0 Å². The van der Waals surface area contributed by atoms with Gasteiger partial charge in [-0.05, 0) is 48.2 Å². The molecular weight excluding hydrogens is 288 g/mol. The Labute approximate surface area is 128 Å². The zero-order valence-corrected chi connectivity index (χ0v) is 13.9. The summed E-state index contributed by atoms with van der Waals surface area (Å²) in [5.41, 5.74) is 5.47. The number of unbranched alkanes of at least 4 members (excludes halogenated alkanes) is 1. The summed E-state index contributed by atoms with van der Waals surface area (Å²) in [7, 11) is -2.25. The third kappa shape index (κ3) is 7.09. The van der Waals surface area contributed by atoms with E-state index in [4.69, 9.17) is 5.73 Å². The van der Waals surface area contributed by atoms with Crippen molar-refractivity contribution in [3.63, 3.8) is 0 Å². The first kappa shape index (κ1) is 18.2. The second-order valence-corrected chi connectivity index (χ2v) is 9.01. The van der Waals surface area contributed by atoms with Crippen molar-refractivity contribution in [2.45, 2.75) is 51.0 Å². The van der Waals surface area contributed by atoms with Gasteiger partial charge in [0.05, 0.1) is 6.04 Å². The van der Waals surface area contributed by atoms with Gasteiger partial charge in [0.2, 0.25) is 5.91 Å². The molecule has 0 bridgehead atoms. The molecule has 1 saturated carbocycles. The molecule has 1 amide bonds. The average molecular weight is 316 g/mol. The number of hydrogen-bond acceptors (Lipinski definition) is 4. The molecule has 0 spiro atoms. The van der Waals surface area contributed by atoms with Crippen LogP contribution in [0.3, 0.4) is 0 Å². The van der Waals surface area contributed by atoms with Crippen molar-refractivity contribution in [2.24, 2.45) is 11.7 Å². The van der Waals surface area contributed by atoms with Crippen molar-refractivity contribution in [3.8, 4) is 0 Å². The molecule has 1 aliphatic rings. The molecule has 5 nitrogen and oxygen atoms in total. The van der Waals surface area contributed by atoms with E-state index in [-0.39, 0.29) is 17.6 Å². The first-order valence-electron chi connectivity index (χ1n) is 7.66. The minimum atomic E-state index is -2.25. The van der Waals surface area contributed by atoms with Gasteiger partial charge in [-0.15, -0.1) is 0 Å². The van der Waals surface area contributed by atoms with Gasteiger partial charge < -0.3 is 11.1 Å². The van der Waals surface area contributed by atoms with Crippen LogP contribution in [-0.2, 0) is 19.1 Å². The minimum absolute atomic E-state index is 0.0300. The predicted molar refractivity (Wildman–Crippen MR) is 87.9 cm³/mol. The molecule has 0 heterocycles. The fraction of sp³-hybridized carbons (Fsp3) is 0.800. The number of nitrogens with one attached hydrogen (secondary N) is 1. The highest BCUT2D eigenvalue weighted by atomic mass is 32.2. The molecule has 6 heteroatoms. The number of Topliss-reactive ketones (excluding diaryl/α,β-unsaturated/α-hetero) is 1. The summed E-state index contributed by atoms with van der Waals surface area (Å²) in [5.74, 6) is -0.249. The van der Waals surface area contributed by atoms with Crippen LogP contribution < -0.4 is 11.1 Å². The Morgan fingerprint density at radius 1 is 1.29 bits per heavy atom. The fourth-order valence-electron chi connectivity index (χ4n) is 2.62. The van der Waals surface area contributed by atoms with E-state index in [1.807, 2.05) is 0 Å². The van der Waals surface area contributed by atoms with Crippen LogP contribution in [0.1, 0.15) is 44.9 Å². The molecule has 0 unspecified atom stereocenters. The summed E-state index contributed by atoms with van der Waals surface area (Å²) in [6.07, 6.45) is 9.16. The third-order valence-corrected chi connectivity index (χ3v) is 4.53. The summed E-state index contributed by atoms with van der Waals surface area (Å²) in [6.45, 7) is 0.569. The van der Waals surface area contributed by atoms with Crippen LogP contribution in [0.5, 0.6) is 0 Å². The summed E-state index contributed by atoms with van der Waals surface area (Å²) in [4.78, 5) is 24.4. The van der Waals surface area contributed by atoms with Gasteiger partial charge in [-0.1, -0.05) is 12.8 Å². The van der Waals surface area contributed by atoms with E-state index in [0.717, 1.165) is 38.5 Å². The molecule has 21 heavy (non-hydrogen) atoms. The summed E-state index contributed by atoms with van der Waals surface area (Å²) in [6, 6.07) is -0.564. The van der Waals surface area contributed by atoms with Crippen LogP contribution in [0.2, 0.25) is 0 Å². The predicted octanol–water partition coefficient (Wildman–Crippen LogP) is 0.706. The second-order valence-electron chi connectivity index (χ2n) is 6.16. The van der Waals surface area contributed by atoms with Gasteiger partial charge in [0, 0.05) is 23.8 Å². The lowest BCUT2D eigenvalue weighted by Gasteiger charge is -2.19. The molecule has 1 rings (SSSR count). The summed E-state index contributed by atoms with van der Waals surface area (Å²) in [5, 5.41) is 4.11. The highest BCUT2D eigenvalue weighted by Crippen LogP contribution is 2.24. The van der Waals surface area contributed by atoms with E-state index in [0.29, 0.717) is 13.0 Å². The van der Waals surface area contributed by atoms with Crippen LogP contribution in [0, 0.1) is 5.92 Å². The molecule has 0 saturated heterocycles. The smallest absolute Gasteiger partial charge is 0.223 e. The van der Waals surface area contributed by atoms with Gasteiger partial charge in [0.15, 0.2) is 5.78 Å². The van der Waals surface area contributed by atoms with Crippen LogP contribution in [-0.4, -0.2) is 46.4 Å². The highest BCUT2D eigenvalue weighted by molar-refractivity contribution is 8.01. The Morgan fingerprint density at radius 2 is 1.90 bits per heavy atom. The van der Waals surface area contributed by atoms with Crippen molar-refractivity contribution in [1.29, 1.82) is 0 Å². The molecule has 0 aromatic rings. The number of rotatable bonds is 8. The second kappa shape index (κ2) is 8.54. The van der Waals surface area contributed by atoms with Crippen LogP contribution in [0.4, 0.5) is 0 Å². The topological polar surface area (TPSA) is 89.3 Å². The Bertz CT molecular complexity index is 467. The normalized spacial score (nSPS) is 17.5. The number of amides is 1. The third-order valence-electron chi connectivity index (χ3n) is 3.73. The van der Waals surface area contributed by atoms with Gasteiger partial charge in [-0.25, -0.2) is 0 Å². The van der Waals surface area contributed by atoms with E-state index in [1.165, 1.54) is 17.9 Å². The van der Waals surface area contributed by atoms with Gasteiger partial charge in [0.25, 0.3) is 0 Å². The highest BCUT2D eigenvalue weighted by Gasteiger charge is 2.26. The van der Waals surface area contributed by atoms with Gasteiger partial charge in [-0.2, -0.15) is 0 Å². The molecule has 1 fully saturated rings. The van der Waals surface area contributed by atoms with E-state index >= 15 is 0 Å². The Kier molecular flexibility index (Phi) is 7.39. The van der Waals surface area contributed by atoms with Gasteiger partial charge in [-0.3, -0.25) is 13.8 Å². The molecule has 0 aromatic carbocycles. The number of ketones is 1. The lowest BCUT2D eigenvalue weighted by molar-refractivity contribution is -0.128. The van der Waals surface area contributed by atoms with Gasteiger partial charge >= 0.3 is 0 Å². The standard InChI is InChI=1S/C15H28N2O3S/c1-21(2,20)11-14(18)13(9-5-6-10-16)17-15(19)12-7-3-4-8-12/h11-13H,3-10,16H2,1-2H3,(H,17,19)/t13-/m0/s1. The summed E-state index contributed by atoms with van der Waals surface area (Å²) < 4.78 is 11.8. The average Bonchev–Trinajstić information content (AvgIpc) is 2.89. The maximum Gasteiger partial charge on any atom is 0.223 e. The van der Waals surface area contributed by atoms with Crippen molar-refractivity contribution < 1.29 is 13.8 Å². The number of carbonyl (C=O) groups excluding carboxylic acids is 2. The summed E-state index contributed by atoms with van der Waals surface area (Å²) >= 11 is 0. The monoisotopic (exact) mass is 316 g/mol. The molecule has 3 N–H and O–H groups in total. The van der Waals surface area contributed by atoms with Gasteiger partial charge in [0.1, 0.15) is 0 Å². The SMILES string of the molecule is CS(C)(=O)=CC(=O)[C@H](CCCCN)NC(=O)C1CCCC1. The van der Waals surface area contributed by atoms with E-state index in [1.54, 1.807) is 0 Å². The van der Waals surface area contributed by atoms with Crippen LogP contribution in [0.25, 0.3) is 0 Å². The van der Waals surface area contributed by atoms with E-state index in [9.17, 15) is 13.8 Å². The molecule has 0 aromatic heterocycles. The Balaban J connectivity index is 2.69. The van der Waals surface area contributed by atoms with Crippen molar-refractivity contribution in [2.75, 3.05) is 19.1 Å². The zero-order chi connectivity index (χ0) is 15.9. The molecule has 0 aliphatic heterocycles. The number of hydrogen-bond donors (Lipinski definition) is 2. The Hall–Kier alpha value is -0.880. The fourth-order valence-corrected chi connectivity index (χ4v) is 3.34. The lowest BCUT2D eigenvalue weighted by atomic mass is 10.0. The molecule has 122 valence electrons. The minimum Gasteiger partial charge on any atom is -0.346 e. The Morgan fingerprint density at radius 3 is 2.43 bits per heavy atom. The largest absolute Gasteiger partial charge is 0.346 e. The van der Waals surface area contributed by atoms with Crippen molar-refractivity contribution in [3.05, 3.63) is 0 Å². The van der Waals surface area contributed by atoms with Crippen LogP contribution >= 0.6 is 0 Å². The molecule has 0 radical (unpaired) electrons. The van der Waals surface area contributed by atoms with E-state index in [2.05, 4.69) is 5.32 Å². The molecule has 1 atom stereocenters. The molecular formula is C15H28N2O3S. The van der Waals surface area contributed by atoms with Crippen molar-refractivity contribution >= 4 is 26.6 Å². The quantitative estimate of drug-likeness (QED) is 0.510. The van der Waals surface area contributed by atoms with E-state index < -0.39 is 15.6 Å².